The molecule has 2 aliphatic rings. The Hall–Kier alpha value is -4.76. The maximum atomic E-state index is 5.50. The van der Waals surface area contributed by atoms with Gasteiger partial charge in [-0.2, -0.15) is 10.2 Å². The Morgan fingerprint density at radius 2 is 1.65 bits per heavy atom. The van der Waals surface area contributed by atoms with Crippen molar-refractivity contribution >= 4 is 50.5 Å². The number of hydrogen-bond acceptors (Lipinski definition) is 14. The topological polar surface area (TPSA) is 131 Å². The Labute approximate surface area is 294 Å². The maximum absolute atomic E-state index is 5.50. The van der Waals surface area contributed by atoms with Crippen molar-refractivity contribution in [3.63, 3.8) is 0 Å². The number of piperidine rings is 1. The van der Waals surface area contributed by atoms with E-state index in [4.69, 9.17) is 35.0 Å². The van der Waals surface area contributed by atoms with Gasteiger partial charge >= 0.3 is 0 Å². The Balaban J connectivity index is 1.55. The van der Waals surface area contributed by atoms with Crippen LogP contribution in [0.1, 0.15) is 33.6 Å². The van der Waals surface area contributed by atoms with E-state index in [1.807, 2.05) is 54.5 Å². The minimum absolute atomic E-state index is 0.247. The summed E-state index contributed by atoms with van der Waals surface area (Å²) >= 11 is 5.23. The van der Waals surface area contributed by atoms with Crippen LogP contribution in [0.4, 0.5) is 5.82 Å². The van der Waals surface area contributed by atoms with E-state index in [1.54, 1.807) is 59.9 Å². The molecule has 1 aromatic carbocycles. The number of benzene rings is 1. The molecule has 2 fully saturated rings. The lowest BCUT2D eigenvalue weighted by Crippen LogP contribution is -2.78. The summed E-state index contributed by atoms with van der Waals surface area (Å²) in [5.74, 6) is 2.11. The van der Waals surface area contributed by atoms with Crippen molar-refractivity contribution in [3.05, 3.63) is 143 Å². The van der Waals surface area contributed by atoms with Gasteiger partial charge in [-0.25, -0.2) is 24.9 Å². The predicted molar refractivity (Wildman–Crippen MR) is 192 cm³/mol. The third-order valence-electron chi connectivity index (χ3n) is 9.65. The van der Waals surface area contributed by atoms with Crippen molar-refractivity contribution in [1.29, 1.82) is 0 Å². The van der Waals surface area contributed by atoms with Crippen molar-refractivity contribution in [3.8, 4) is 0 Å². The number of para-hydroxylation sites is 1. The summed E-state index contributed by atoms with van der Waals surface area (Å²) < 4.78 is 1.10. The largest absolute Gasteiger partial charge is 0.336 e. The molecule has 0 amide bonds. The maximum Gasteiger partial charge on any atom is 0.161 e. The Kier molecular flexibility index (Phi) is 7.60. The van der Waals surface area contributed by atoms with Gasteiger partial charge in [0, 0.05) is 67.6 Å². The molecule has 1 N–H and O–H groups in total. The van der Waals surface area contributed by atoms with Crippen molar-refractivity contribution in [2.75, 3.05) is 23.7 Å². The first-order valence-electron chi connectivity index (χ1n) is 15.9. The van der Waals surface area contributed by atoms with Gasteiger partial charge in [0.1, 0.15) is 15.8 Å². The molecule has 2 aliphatic heterocycles. The molecule has 0 bridgehead atoms. The third-order valence-corrected chi connectivity index (χ3v) is 13.1. The highest BCUT2D eigenvalue weighted by molar-refractivity contribution is 8.00. The fourth-order valence-electron chi connectivity index (χ4n) is 8.00. The molecule has 6 aromatic heterocycles. The van der Waals surface area contributed by atoms with Gasteiger partial charge in [-0.1, -0.05) is 18.2 Å². The van der Waals surface area contributed by atoms with E-state index in [-0.39, 0.29) is 5.37 Å². The second-order valence-corrected chi connectivity index (χ2v) is 15.0. The summed E-state index contributed by atoms with van der Waals surface area (Å²) in [6, 6.07) is 20.3. The van der Waals surface area contributed by atoms with Crippen LogP contribution in [0.3, 0.4) is 0 Å². The number of pyridine rings is 1. The van der Waals surface area contributed by atoms with Gasteiger partial charge in [-0.15, -0.1) is 34.4 Å². The summed E-state index contributed by atoms with van der Waals surface area (Å²) in [6.45, 7) is 1.32. The van der Waals surface area contributed by atoms with Gasteiger partial charge < -0.3 is 10.2 Å². The van der Waals surface area contributed by atoms with Crippen molar-refractivity contribution in [1.82, 2.24) is 50.4 Å². The van der Waals surface area contributed by atoms with Gasteiger partial charge in [-0.3, -0.25) is 9.97 Å². The normalized spacial score (nSPS) is 25.5. The first-order valence-corrected chi connectivity index (χ1v) is 18.7. The highest BCUT2D eigenvalue weighted by Gasteiger charge is 2.78. The summed E-state index contributed by atoms with van der Waals surface area (Å²) in [4.78, 5) is 38.1. The lowest BCUT2D eigenvalue weighted by Gasteiger charge is -2.65. The molecule has 0 radical (unpaired) electrons. The van der Waals surface area contributed by atoms with Crippen LogP contribution in [0.15, 0.2) is 116 Å². The molecule has 4 atom stereocenters. The highest BCUT2D eigenvalue weighted by Crippen LogP contribution is 2.69. The van der Waals surface area contributed by atoms with E-state index >= 15 is 0 Å². The van der Waals surface area contributed by atoms with Gasteiger partial charge in [0.2, 0.25) is 0 Å². The van der Waals surface area contributed by atoms with Crippen LogP contribution in [0, 0.1) is 0 Å². The smallest absolute Gasteiger partial charge is 0.161 e. The summed E-state index contributed by atoms with van der Waals surface area (Å²) in [5, 5.41) is 17.2. The van der Waals surface area contributed by atoms with Gasteiger partial charge in [-0.05, 0) is 48.9 Å². The number of fused-ring (bicyclic) bond motifs is 1. The van der Waals surface area contributed by atoms with Crippen LogP contribution in [0.25, 0.3) is 10.2 Å². The summed E-state index contributed by atoms with van der Waals surface area (Å²) in [7, 11) is 0. The zero-order chi connectivity index (χ0) is 32.7. The van der Waals surface area contributed by atoms with E-state index in [1.165, 1.54) is 0 Å². The molecular weight excluding hydrogens is 671 g/mol. The molecule has 0 saturated carbocycles. The fraction of sp³-hybridized carbons (Fsp3) is 0.229. The van der Waals surface area contributed by atoms with Gasteiger partial charge in [0.15, 0.2) is 11.4 Å². The zero-order valence-corrected chi connectivity index (χ0v) is 28.5. The number of hydrogen-bond donors (Lipinski definition) is 1. The second kappa shape index (κ2) is 12.3. The van der Waals surface area contributed by atoms with Crippen LogP contribution in [0.5, 0.6) is 0 Å². The number of nitrogens with one attached hydrogen (secondary N) is 1. The Morgan fingerprint density at radius 3 is 2.39 bits per heavy atom. The van der Waals surface area contributed by atoms with E-state index in [2.05, 4.69) is 56.0 Å². The first-order chi connectivity index (χ1) is 24.3. The summed E-state index contributed by atoms with van der Waals surface area (Å²) in [5.41, 5.74) is -0.774. The van der Waals surface area contributed by atoms with Crippen LogP contribution in [0.2, 0.25) is 0 Å². The van der Waals surface area contributed by atoms with E-state index in [9.17, 15) is 0 Å². The number of aromatic nitrogens is 9. The molecule has 11 nitrogen and oxygen atoms in total. The van der Waals surface area contributed by atoms with E-state index < -0.39 is 16.4 Å². The van der Waals surface area contributed by atoms with Crippen LogP contribution >= 0.6 is 34.4 Å². The predicted octanol–water partition coefficient (Wildman–Crippen LogP) is 5.26. The lowest BCUT2D eigenvalue weighted by atomic mass is 9.47. The van der Waals surface area contributed by atoms with Crippen molar-refractivity contribution in [2.45, 2.75) is 28.2 Å². The zero-order valence-electron chi connectivity index (χ0n) is 26.1. The minimum Gasteiger partial charge on any atom is -0.336 e. The molecule has 242 valence electrons. The molecule has 2 saturated heterocycles. The molecule has 14 heteroatoms. The number of anilines is 1. The summed E-state index contributed by atoms with van der Waals surface area (Å²) in [6.07, 6.45) is 14.9. The van der Waals surface area contributed by atoms with E-state index in [0.29, 0.717) is 30.3 Å². The van der Waals surface area contributed by atoms with Crippen molar-refractivity contribution in [2.24, 2.45) is 0 Å². The molecular formula is C35H29N11S3. The average Bonchev–Trinajstić information content (AvgIpc) is 3.99. The SMILES string of the molecule is c1ccc(C2(C3NCCS3)C(c3nccs3)(c3nc4ccccc4s3)CCN(c3cnccn3)C2(c2cccnn2)c2ncccn2)nc1. The van der Waals surface area contributed by atoms with Crippen LogP contribution < -0.4 is 10.2 Å². The monoisotopic (exact) mass is 699 g/mol. The number of rotatable bonds is 7. The van der Waals surface area contributed by atoms with Gasteiger partial charge in [0.25, 0.3) is 0 Å². The lowest BCUT2D eigenvalue weighted by molar-refractivity contribution is 0.0745. The molecule has 4 unspecified atom stereocenters. The highest BCUT2D eigenvalue weighted by atomic mass is 32.2. The molecule has 0 spiro atoms. The molecule has 49 heavy (non-hydrogen) atoms. The fourth-order valence-corrected chi connectivity index (χ4v) is 11.7. The minimum atomic E-state index is -1.27. The second-order valence-electron chi connectivity index (χ2n) is 11.8. The Morgan fingerprint density at radius 1 is 0.776 bits per heavy atom. The molecule has 7 aromatic rings. The third kappa shape index (κ3) is 4.34. The van der Waals surface area contributed by atoms with Gasteiger partial charge in [0.05, 0.1) is 44.0 Å². The van der Waals surface area contributed by atoms with Crippen molar-refractivity contribution < 1.29 is 0 Å². The number of thioether (sulfide) groups is 1. The van der Waals surface area contributed by atoms with Crippen LogP contribution in [-0.2, 0) is 16.4 Å². The number of thiazole rings is 2. The standard InChI is InChI=1S/C35H29N11S3/c1-2-8-25-24(7-1)44-31(49-25)33(30-41-18-21-47-30)11-20-46(28-23-36-16-17-38-28)35(27-10-5-15-43-45-27,29-39-13-6-14-40-29)34(33,32-42-19-22-48-32)26-9-3-4-12-37-26/h1-10,12-18,21,23,32,42H,11,19-20,22H2. The van der Waals surface area contributed by atoms with Crippen LogP contribution in [-0.4, -0.2) is 69.3 Å². The Bertz CT molecular complexity index is 2090. The molecule has 0 aliphatic carbocycles. The first kappa shape index (κ1) is 30.3. The number of nitrogens with zero attached hydrogens (tertiary/aromatic N) is 10. The molecule has 9 rings (SSSR count). The van der Waals surface area contributed by atoms with E-state index in [0.717, 1.165) is 38.2 Å². The quantitative estimate of drug-likeness (QED) is 0.233. The molecule has 8 heterocycles. The average molecular weight is 700 g/mol.